The molecule has 0 aromatic heterocycles. The molecule has 0 amide bonds. The minimum absolute atomic E-state index is 0.405. The van der Waals surface area contributed by atoms with Crippen LogP contribution in [0, 0.1) is 5.82 Å². The zero-order valence-electron chi connectivity index (χ0n) is 9.90. The van der Waals surface area contributed by atoms with Crippen molar-refractivity contribution in [1.82, 2.24) is 0 Å². The summed E-state index contributed by atoms with van der Waals surface area (Å²) in [5.74, 6) is -1.56. The zero-order chi connectivity index (χ0) is 13.9. The van der Waals surface area contributed by atoms with Crippen molar-refractivity contribution in [2.45, 2.75) is 5.78 Å². The predicted molar refractivity (Wildman–Crippen MR) is 71.2 cm³/mol. The third-order valence-corrected chi connectivity index (χ3v) is 3.70. The maximum atomic E-state index is 12.8. The van der Waals surface area contributed by atoms with E-state index in [1.807, 2.05) is 0 Å². The topological polar surface area (TPSA) is 69.6 Å². The highest BCUT2D eigenvalue weighted by atomic mass is 31.2. The summed E-state index contributed by atoms with van der Waals surface area (Å²) in [5.41, 5.74) is 0.915. The number of rotatable bonds is 4. The molecule has 0 heterocycles. The first-order valence-corrected chi connectivity index (χ1v) is 7.27. The Morgan fingerprint density at radius 2 is 1.58 bits per heavy atom. The summed E-state index contributed by atoms with van der Waals surface area (Å²) < 4.78 is 24.4. The van der Waals surface area contributed by atoms with Crippen LogP contribution in [0.15, 0.2) is 54.6 Å². The fourth-order valence-electron chi connectivity index (χ4n) is 1.70. The first-order chi connectivity index (χ1) is 8.97. The smallest absolute Gasteiger partial charge is 0.352 e. The average Bonchev–Trinajstić information content (AvgIpc) is 2.37. The first-order valence-electron chi connectivity index (χ1n) is 5.59. The van der Waals surface area contributed by atoms with Gasteiger partial charge in [-0.05, 0) is 29.8 Å². The summed E-state index contributed by atoms with van der Waals surface area (Å²) in [6.45, 7) is 0. The molecular formula is C13H13FNO3P. The Morgan fingerprint density at radius 1 is 1.00 bits per heavy atom. The van der Waals surface area contributed by atoms with Gasteiger partial charge in [0, 0.05) is 5.69 Å². The Balaban J connectivity index is 2.30. The molecule has 0 saturated carbocycles. The monoisotopic (exact) mass is 281 g/mol. The summed E-state index contributed by atoms with van der Waals surface area (Å²) >= 11 is 0. The van der Waals surface area contributed by atoms with Crippen LogP contribution in [0.2, 0.25) is 0 Å². The second-order valence-corrected chi connectivity index (χ2v) is 5.75. The van der Waals surface area contributed by atoms with E-state index in [-0.39, 0.29) is 0 Å². The van der Waals surface area contributed by atoms with Crippen LogP contribution in [0.25, 0.3) is 0 Å². The summed E-state index contributed by atoms with van der Waals surface area (Å²) in [7, 11) is -4.38. The normalized spacial score (nSPS) is 13.0. The Morgan fingerprint density at radius 3 is 2.11 bits per heavy atom. The number of hydrogen-bond donors (Lipinski definition) is 3. The van der Waals surface area contributed by atoms with Crippen molar-refractivity contribution >= 4 is 13.3 Å². The van der Waals surface area contributed by atoms with Crippen molar-refractivity contribution in [3.8, 4) is 0 Å². The number of nitrogens with one attached hydrogen (secondary N) is 1. The van der Waals surface area contributed by atoms with Crippen molar-refractivity contribution in [1.29, 1.82) is 0 Å². The van der Waals surface area contributed by atoms with Gasteiger partial charge in [0.15, 0.2) is 5.78 Å². The molecule has 6 heteroatoms. The van der Waals surface area contributed by atoms with Crippen LogP contribution >= 0.6 is 7.60 Å². The van der Waals surface area contributed by atoms with E-state index >= 15 is 0 Å². The largest absolute Gasteiger partial charge is 0.368 e. The maximum Gasteiger partial charge on any atom is 0.352 e. The van der Waals surface area contributed by atoms with Gasteiger partial charge in [-0.1, -0.05) is 30.3 Å². The number of anilines is 1. The molecule has 2 rings (SSSR count). The van der Waals surface area contributed by atoms with E-state index in [0.717, 1.165) is 0 Å². The van der Waals surface area contributed by atoms with Gasteiger partial charge >= 0.3 is 7.60 Å². The fraction of sp³-hybridized carbons (Fsp3) is 0.0769. The molecular weight excluding hydrogens is 268 g/mol. The van der Waals surface area contributed by atoms with Gasteiger partial charge in [-0.3, -0.25) is 4.57 Å². The van der Waals surface area contributed by atoms with E-state index in [1.54, 1.807) is 30.3 Å². The summed E-state index contributed by atoms with van der Waals surface area (Å²) in [4.78, 5) is 18.8. The molecule has 2 aromatic rings. The molecule has 1 unspecified atom stereocenters. The highest BCUT2D eigenvalue weighted by Crippen LogP contribution is 2.51. The first kappa shape index (κ1) is 13.7. The molecule has 0 spiro atoms. The third kappa shape index (κ3) is 3.64. The third-order valence-electron chi connectivity index (χ3n) is 2.60. The SMILES string of the molecule is O=P(O)(O)C(Nc1ccc(F)cc1)c1ccccc1. The molecule has 0 aliphatic heterocycles. The van der Waals surface area contributed by atoms with Crippen molar-refractivity contribution in [2.24, 2.45) is 0 Å². The Hall–Kier alpha value is -1.68. The van der Waals surface area contributed by atoms with Gasteiger partial charge in [-0.25, -0.2) is 4.39 Å². The van der Waals surface area contributed by atoms with Crippen molar-refractivity contribution < 1.29 is 18.7 Å². The molecule has 0 radical (unpaired) electrons. The molecule has 0 fully saturated rings. The van der Waals surface area contributed by atoms with E-state index in [9.17, 15) is 18.7 Å². The van der Waals surface area contributed by atoms with Gasteiger partial charge in [-0.15, -0.1) is 0 Å². The quantitative estimate of drug-likeness (QED) is 0.753. The van der Waals surface area contributed by atoms with E-state index in [0.29, 0.717) is 11.3 Å². The maximum absolute atomic E-state index is 12.8. The van der Waals surface area contributed by atoms with Gasteiger partial charge in [0.25, 0.3) is 0 Å². The van der Waals surface area contributed by atoms with E-state index in [4.69, 9.17) is 0 Å². The molecule has 3 N–H and O–H groups in total. The molecule has 19 heavy (non-hydrogen) atoms. The predicted octanol–water partition coefficient (Wildman–Crippen LogP) is 3.11. The van der Waals surface area contributed by atoms with Gasteiger partial charge < -0.3 is 15.1 Å². The van der Waals surface area contributed by atoms with Crippen LogP contribution in [-0.2, 0) is 4.57 Å². The Bertz CT molecular complexity index is 583. The summed E-state index contributed by atoms with van der Waals surface area (Å²) in [5, 5.41) is 2.73. The Kier molecular flexibility index (Phi) is 4.00. The number of hydrogen-bond acceptors (Lipinski definition) is 2. The number of benzene rings is 2. The van der Waals surface area contributed by atoms with E-state index in [1.165, 1.54) is 24.3 Å². The van der Waals surface area contributed by atoms with Crippen LogP contribution in [0.3, 0.4) is 0 Å². The molecule has 2 aromatic carbocycles. The highest BCUT2D eigenvalue weighted by molar-refractivity contribution is 7.52. The van der Waals surface area contributed by atoms with Gasteiger partial charge in [0.2, 0.25) is 0 Å². The lowest BCUT2D eigenvalue weighted by molar-refractivity contribution is 0.363. The van der Waals surface area contributed by atoms with E-state index in [2.05, 4.69) is 5.32 Å². The molecule has 1 atom stereocenters. The molecule has 0 aliphatic carbocycles. The minimum Gasteiger partial charge on any atom is -0.368 e. The molecule has 4 nitrogen and oxygen atoms in total. The van der Waals surface area contributed by atoms with Crippen molar-refractivity contribution in [3.63, 3.8) is 0 Å². The van der Waals surface area contributed by atoms with Crippen LogP contribution in [-0.4, -0.2) is 9.79 Å². The van der Waals surface area contributed by atoms with Gasteiger partial charge in [0.1, 0.15) is 5.82 Å². The number of halogens is 1. The lowest BCUT2D eigenvalue weighted by atomic mass is 10.2. The van der Waals surface area contributed by atoms with Crippen molar-refractivity contribution in [2.75, 3.05) is 5.32 Å². The second-order valence-electron chi connectivity index (χ2n) is 4.05. The standard InChI is InChI=1S/C13H13FNO3P/c14-11-6-8-12(9-7-11)15-13(19(16,17)18)10-4-2-1-3-5-10/h1-9,13,15H,(H2,16,17,18). The van der Waals surface area contributed by atoms with Crippen LogP contribution in [0.5, 0.6) is 0 Å². The van der Waals surface area contributed by atoms with Crippen LogP contribution in [0.4, 0.5) is 10.1 Å². The zero-order valence-corrected chi connectivity index (χ0v) is 10.8. The minimum atomic E-state index is -4.38. The molecule has 100 valence electrons. The van der Waals surface area contributed by atoms with Crippen molar-refractivity contribution in [3.05, 3.63) is 66.0 Å². The fourth-order valence-corrected chi connectivity index (χ4v) is 2.58. The summed E-state index contributed by atoms with van der Waals surface area (Å²) in [6.07, 6.45) is 0. The van der Waals surface area contributed by atoms with E-state index < -0.39 is 19.2 Å². The molecule has 0 saturated heterocycles. The van der Waals surface area contributed by atoms with Crippen LogP contribution < -0.4 is 5.32 Å². The highest BCUT2D eigenvalue weighted by Gasteiger charge is 2.30. The van der Waals surface area contributed by atoms with Gasteiger partial charge in [-0.2, -0.15) is 0 Å². The molecule has 0 aliphatic rings. The Labute approximate surface area is 110 Å². The lowest BCUT2D eigenvalue weighted by Crippen LogP contribution is -2.11. The molecule has 0 bridgehead atoms. The average molecular weight is 281 g/mol. The lowest BCUT2D eigenvalue weighted by Gasteiger charge is -2.21. The second kappa shape index (κ2) is 5.53. The summed E-state index contributed by atoms with van der Waals surface area (Å²) in [6, 6.07) is 13.7. The van der Waals surface area contributed by atoms with Gasteiger partial charge in [0.05, 0.1) is 0 Å². The van der Waals surface area contributed by atoms with Crippen LogP contribution in [0.1, 0.15) is 11.3 Å².